The van der Waals surface area contributed by atoms with Crippen LogP contribution in [-0.2, 0) is 11.3 Å². The average Bonchev–Trinajstić information content (AvgIpc) is 2.93. The molecule has 0 fully saturated rings. The van der Waals surface area contributed by atoms with Crippen molar-refractivity contribution in [2.75, 3.05) is 26.5 Å². The van der Waals surface area contributed by atoms with Crippen LogP contribution in [0, 0.1) is 0 Å². The van der Waals surface area contributed by atoms with E-state index < -0.39 is 0 Å². The Labute approximate surface area is 142 Å². The van der Waals surface area contributed by atoms with E-state index in [4.69, 9.17) is 16.3 Å². The first-order valence-corrected chi connectivity index (χ1v) is 9.50. The zero-order valence-electron chi connectivity index (χ0n) is 11.8. The molecule has 0 radical (unpaired) electrons. The van der Waals surface area contributed by atoms with E-state index in [1.807, 2.05) is 18.4 Å². The van der Waals surface area contributed by atoms with Gasteiger partial charge in [-0.15, -0.1) is 10.2 Å². The van der Waals surface area contributed by atoms with Crippen LogP contribution in [0.5, 0.6) is 0 Å². The smallest absolute Gasteiger partial charge is 0.179 e. The van der Waals surface area contributed by atoms with Crippen LogP contribution in [0.4, 0.5) is 0 Å². The number of methoxy groups -OCH3 is 1. The van der Waals surface area contributed by atoms with Crippen molar-refractivity contribution in [3.63, 3.8) is 0 Å². The second kappa shape index (κ2) is 8.97. The molecule has 1 aromatic carbocycles. The highest BCUT2D eigenvalue weighted by atomic mass is 35.5. The lowest BCUT2D eigenvalue weighted by Gasteiger charge is -2.10. The van der Waals surface area contributed by atoms with Gasteiger partial charge in [0.2, 0.25) is 0 Å². The molecule has 0 unspecified atom stereocenters. The maximum absolute atomic E-state index is 6.32. The Hall–Kier alpha value is -0.310. The summed E-state index contributed by atoms with van der Waals surface area (Å²) in [6.07, 6.45) is 2.00. The van der Waals surface area contributed by atoms with Crippen LogP contribution in [0.25, 0.3) is 0 Å². The van der Waals surface area contributed by atoms with Crippen molar-refractivity contribution in [3.8, 4) is 0 Å². The van der Waals surface area contributed by atoms with Gasteiger partial charge < -0.3 is 10.1 Å². The standard InChI is InChI=1S/C13H16ClN3OS3/c1-18-7-6-15-8-9-10(14)4-3-5-11(9)20-13-17-16-12(19-2)21-13/h3-5,15H,6-8H2,1-2H3. The molecule has 0 aliphatic rings. The Bertz CT molecular complexity index is 580. The van der Waals surface area contributed by atoms with Gasteiger partial charge in [-0.2, -0.15) is 0 Å². The van der Waals surface area contributed by atoms with Crippen LogP contribution in [0.2, 0.25) is 5.02 Å². The quantitative estimate of drug-likeness (QED) is 0.570. The molecule has 1 heterocycles. The zero-order chi connectivity index (χ0) is 15.1. The van der Waals surface area contributed by atoms with Gasteiger partial charge in [-0.3, -0.25) is 0 Å². The molecule has 0 bridgehead atoms. The van der Waals surface area contributed by atoms with E-state index in [-0.39, 0.29) is 0 Å². The monoisotopic (exact) mass is 361 g/mol. The molecule has 0 aliphatic heterocycles. The molecule has 2 aromatic rings. The van der Waals surface area contributed by atoms with Crippen molar-refractivity contribution in [1.82, 2.24) is 15.5 Å². The van der Waals surface area contributed by atoms with Gasteiger partial charge in [0.15, 0.2) is 8.68 Å². The van der Waals surface area contributed by atoms with Crippen molar-refractivity contribution in [1.29, 1.82) is 0 Å². The minimum Gasteiger partial charge on any atom is -0.383 e. The van der Waals surface area contributed by atoms with Gasteiger partial charge >= 0.3 is 0 Å². The highest BCUT2D eigenvalue weighted by Crippen LogP contribution is 2.36. The van der Waals surface area contributed by atoms with Gasteiger partial charge in [0.1, 0.15) is 0 Å². The normalized spacial score (nSPS) is 11.0. The third kappa shape index (κ3) is 5.12. The number of thioether (sulfide) groups is 1. The molecule has 0 saturated heterocycles. The summed E-state index contributed by atoms with van der Waals surface area (Å²) in [5, 5.41) is 12.4. The summed E-state index contributed by atoms with van der Waals surface area (Å²) < 4.78 is 6.93. The Morgan fingerprint density at radius 1 is 1.33 bits per heavy atom. The first-order valence-electron chi connectivity index (χ1n) is 6.27. The van der Waals surface area contributed by atoms with Gasteiger partial charge in [0.05, 0.1) is 6.61 Å². The summed E-state index contributed by atoms with van der Waals surface area (Å²) in [4.78, 5) is 1.11. The van der Waals surface area contributed by atoms with Crippen molar-refractivity contribution in [2.45, 2.75) is 20.1 Å². The summed E-state index contributed by atoms with van der Waals surface area (Å²) in [5.74, 6) is 0. The first-order chi connectivity index (χ1) is 10.2. The highest BCUT2D eigenvalue weighted by Gasteiger charge is 2.11. The Morgan fingerprint density at radius 3 is 2.86 bits per heavy atom. The number of hydrogen-bond acceptors (Lipinski definition) is 7. The van der Waals surface area contributed by atoms with Crippen LogP contribution in [0.1, 0.15) is 5.56 Å². The predicted molar refractivity (Wildman–Crippen MR) is 90.8 cm³/mol. The number of benzene rings is 1. The van der Waals surface area contributed by atoms with E-state index in [1.165, 1.54) is 0 Å². The molecular weight excluding hydrogens is 346 g/mol. The van der Waals surface area contributed by atoms with E-state index in [2.05, 4.69) is 21.6 Å². The molecule has 0 spiro atoms. The molecule has 0 aliphatic carbocycles. The van der Waals surface area contributed by atoms with Crippen LogP contribution in [0.15, 0.2) is 31.8 Å². The summed E-state index contributed by atoms with van der Waals surface area (Å²) in [7, 11) is 1.69. The fourth-order valence-corrected chi connectivity index (χ4v) is 4.46. The fourth-order valence-electron chi connectivity index (χ4n) is 1.61. The maximum atomic E-state index is 6.32. The molecular formula is C13H16ClN3OS3. The molecule has 0 saturated carbocycles. The summed E-state index contributed by atoms with van der Waals surface area (Å²) in [6, 6.07) is 5.93. The lowest BCUT2D eigenvalue weighted by atomic mass is 10.2. The lowest BCUT2D eigenvalue weighted by molar-refractivity contribution is 0.199. The van der Waals surface area contributed by atoms with E-state index >= 15 is 0 Å². The molecule has 8 heteroatoms. The lowest BCUT2D eigenvalue weighted by Crippen LogP contribution is -2.19. The molecule has 2 rings (SSSR count). The Balaban J connectivity index is 2.09. The van der Waals surface area contributed by atoms with E-state index in [9.17, 15) is 0 Å². The van der Waals surface area contributed by atoms with Gasteiger partial charge in [-0.25, -0.2) is 0 Å². The molecule has 114 valence electrons. The summed E-state index contributed by atoms with van der Waals surface area (Å²) in [5.41, 5.74) is 1.08. The van der Waals surface area contributed by atoms with Crippen LogP contribution in [-0.4, -0.2) is 36.7 Å². The van der Waals surface area contributed by atoms with Crippen molar-refractivity contribution in [3.05, 3.63) is 28.8 Å². The van der Waals surface area contributed by atoms with Crippen molar-refractivity contribution in [2.24, 2.45) is 0 Å². The van der Waals surface area contributed by atoms with E-state index in [1.54, 1.807) is 42.0 Å². The van der Waals surface area contributed by atoms with Crippen molar-refractivity contribution < 1.29 is 4.74 Å². The zero-order valence-corrected chi connectivity index (χ0v) is 15.0. The third-order valence-electron chi connectivity index (χ3n) is 2.62. The first kappa shape index (κ1) is 17.1. The number of nitrogens with zero attached hydrogens (tertiary/aromatic N) is 2. The average molecular weight is 362 g/mol. The number of hydrogen-bond donors (Lipinski definition) is 1. The Kier molecular flexibility index (Phi) is 7.28. The second-order valence-electron chi connectivity index (χ2n) is 4.03. The molecule has 4 nitrogen and oxygen atoms in total. The fraction of sp³-hybridized carbons (Fsp3) is 0.385. The molecule has 0 atom stereocenters. The number of ether oxygens (including phenoxy) is 1. The van der Waals surface area contributed by atoms with Gasteiger partial charge in [-0.05, 0) is 24.0 Å². The highest BCUT2D eigenvalue weighted by molar-refractivity contribution is 8.03. The number of aromatic nitrogens is 2. The number of rotatable bonds is 8. The summed E-state index contributed by atoms with van der Waals surface area (Å²) in [6.45, 7) is 2.18. The molecule has 0 amide bonds. The maximum Gasteiger partial charge on any atom is 0.179 e. The molecule has 21 heavy (non-hydrogen) atoms. The molecule has 1 aromatic heterocycles. The van der Waals surface area contributed by atoms with Gasteiger partial charge in [0, 0.05) is 30.1 Å². The van der Waals surface area contributed by atoms with E-state index in [0.717, 1.165) is 30.7 Å². The minimum atomic E-state index is 0.681. The Morgan fingerprint density at radius 2 is 2.14 bits per heavy atom. The predicted octanol–water partition coefficient (Wildman–Crippen LogP) is 3.80. The number of nitrogens with one attached hydrogen (secondary N) is 1. The van der Waals surface area contributed by atoms with E-state index in [0.29, 0.717) is 13.2 Å². The SMILES string of the molecule is COCCNCc1c(Cl)cccc1Sc1nnc(SC)s1. The van der Waals surface area contributed by atoms with Crippen LogP contribution >= 0.6 is 46.5 Å². The van der Waals surface area contributed by atoms with Gasteiger partial charge in [-0.1, -0.05) is 52.5 Å². The van der Waals surface area contributed by atoms with Crippen LogP contribution in [0.3, 0.4) is 0 Å². The third-order valence-corrected chi connectivity index (χ3v) is 6.03. The molecule has 1 N–H and O–H groups in total. The largest absolute Gasteiger partial charge is 0.383 e. The second-order valence-corrected chi connectivity index (χ2v) is 7.75. The summed E-state index contributed by atoms with van der Waals surface area (Å²) >= 11 is 11.1. The minimum absolute atomic E-state index is 0.681. The topological polar surface area (TPSA) is 47.0 Å². The van der Waals surface area contributed by atoms with Crippen LogP contribution < -0.4 is 5.32 Å². The number of halogens is 1. The van der Waals surface area contributed by atoms with Crippen molar-refractivity contribution >= 4 is 46.5 Å². The van der Waals surface area contributed by atoms with Gasteiger partial charge in [0.25, 0.3) is 0 Å².